The highest BCUT2D eigenvalue weighted by molar-refractivity contribution is 7.30. The van der Waals surface area contributed by atoms with Gasteiger partial charge in [-0.3, -0.25) is 0 Å². The Hall–Kier alpha value is -2.97. The van der Waals surface area contributed by atoms with Crippen LogP contribution in [0.25, 0.3) is 9.53 Å². The summed E-state index contributed by atoms with van der Waals surface area (Å²) in [6.45, 7) is 5.17. The maximum absolute atomic E-state index is 5.78. The molecule has 6 nitrogen and oxygen atoms in total. The Morgan fingerprint density at radius 2 is 1.46 bits per heavy atom. The van der Waals surface area contributed by atoms with E-state index in [0.717, 1.165) is 51.1 Å². The van der Waals surface area contributed by atoms with E-state index >= 15 is 0 Å². The van der Waals surface area contributed by atoms with Gasteiger partial charge in [-0.1, -0.05) is 74.3 Å². The molecule has 0 aliphatic heterocycles. The van der Waals surface area contributed by atoms with Gasteiger partial charge in [-0.05, 0) is 67.3 Å². The van der Waals surface area contributed by atoms with E-state index in [4.69, 9.17) is 4.74 Å². The Morgan fingerprint density at radius 3 is 2.17 bits per heavy atom. The van der Waals surface area contributed by atoms with Crippen molar-refractivity contribution in [2.75, 3.05) is 6.61 Å². The molecule has 4 aromatic rings. The number of fused-ring (bicyclic) bond motifs is 1. The van der Waals surface area contributed by atoms with Crippen molar-refractivity contribution in [1.82, 2.24) is 4.98 Å². The summed E-state index contributed by atoms with van der Waals surface area (Å²) < 4.78 is 6.82. The van der Waals surface area contributed by atoms with Crippen molar-refractivity contribution in [3.63, 3.8) is 0 Å². The number of rotatable bonds is 13. The Labute approximate surface area is 214 Å². The number of thiophene rings is 1. The minimum absolute atomic E-state index is 0.633. The largest absolute Gasteiger partial charge is 0.494 e. The highest BCUT2D eigenvalue weighted by Gasteiger charge is 2.08. The fourth-order valence-corrected chi connectivity index (χ4v) is 5.30. The maximum Gasteiger partial charge on any atom is 0.231 e. The number of thiazole rings is 1. The number of ether oxygens (including phenoxy) is 1. The van der Waals surface area contributed by atoms with E-state index in [2.05, 4.69) is 51.4 Å². The Bertz CT molecular complexity index is 1210. The summed E-state index contributed by atoms with van der Waals surface area (Å²) in [6.07, 6.45) is 8.32. The molecular weight excluding hydrogens is 474 g/mol. The molecule has 2 aromatic carbocycles. The van der Waals surface area contributed by atoms with Crippen molar-refractivity contribution in [3.05, 3.63) is 60.2 Å². The topological polar surface area (TPSA) is 71.6 Å². The van der Waals surface area contributed by atoms with Crippen LogP contribution in [0.4, 0.5) is 21.5 Å². The second-order valence-corrected chi connectivity index (χ2v) is 10.3. The smallest absolute Gasteiger partial charge is 0.231 e. The number of benzene rings is 2. The van der Waals surface area contributed by atoms with Crippen LogP contribution in [0.3, 0.4) is 0 Å². The predicted molar refractivity (Wildman–Crippen MR) is 147 cm³/mol. The van der Waals surface area contributed by atoms with Gasteiger partial charge in [0.1, 0.15) is 15.6 Å². The summed E-state index contributed by atoms with van der Waals surface area (Å²) in [5, 5.41) is 18.9. The summed E-state index contributed by atoms with van der Waals surface area (Å²) in [5.74, 6) is 0.865. The van der Waals surface area contributed by atoms with Gasteiger partial charge in [-0.15, -0.1) is 20.5 Å². The molecule has 0 spiro atoms. The first kappa shape index (κ1) is 25.1. The van der Waals surface area contributed by atoms with E-state index in [1.54, 1.807) is 0 Å². The first-order chi connectivity index (χ1) is 17.2. The van der Waals surface area contributed by atoms with Gasteiger partial charge in [-0.2, -0.15) is 0 Å². The molecule has 182 valence electrons. The van der Waals surface area contributed by atoms with Crippen molar-refractivity contribution < 1.29 is 4.74 Å². The molecule has 0 amide bonds. The molecule has 0 unspecified atom stereocenters. The second-order valence-electron chi connectivity index (χ2n) is 8.32. The minimum atomic E-state index is 0.633. The van der Waals surface area contributed by atoms with Gasteiger partial charge in [0.05, 0.1) is 22.7 Å². The van der Waals surface area contributed by atoms with Crippen LogP contribution in [-0.2, 0) is 6.42 Å². The summed E-state index contributed by atoms with van der Waals surface area (Å²) in [7, 11) is 0. The third-order valence-corrected chi connectivity index (χ3v) is 7.37. The van der Waals surface area contributed by atoms with E-state index < -0.39 is 0 Å². The van der Waals surface area contributed by atoms with Crippen molar-refractivity contribution >= 4 is 53.7 Å². The fraction of sp³-hybridized carbons (Fsp3) is 0.370. The van der Waals surface area contributed by atoms with Crippen molar-refractivity contribution in [1.29, 1.82) is 0 Å². The number of azo groups is 2. The van der Waals surface area contributed by atoms with Crippen LogP contribution in [0.2, 0.25) is 0 Å². The van der Waals surface area contributed by atoms with Crippen LogP contribution in [0.5, 0.6) is 5.75 Å². The summed E-state index contributed by atoms with van der Waals surface area (Å²) in [4.78, 5) is 5.48. The number of hydrogen-bond donors (Lipinski definition) is 0. The van der Waals surface area contributed by atoms with Gasteiger partial charge in [0.2, 0.25) is 5.13 Å². The molecule has 0 saturated carbocycles. The van der Waals surface area contributed by atoms with Gasteiger partial charge in [0, 0.05) is 0 Å². The van der Waals surface area contributed by atoms with Crippen LogP contribution in [-0.4, -0.2) is 11.6 Å². The number of aromatic nitrogens is 1. The lowest BCUT2D eigenvalue weighted by Gasteiger charge is -2.05. The van der Waals surface area contributed by atoms with E-state index in [-0.39, 0.29) is 0 Å². The van der Waals surface area contributed by atoms with E-state index in [9.17, 15) is 0 Å². The lowest BCUT2D eigenvalue weighted by atomic mass is 10.1. The van der Waals surface area contributed by atoms with Crippen LogP contribution in [0.1, 0.15) is 57.9 Å². The zero-order valence-corrected chi connectivity index (χ0v) is 21.9. The standard InChI is InChI=1S/C27H31N5OS2/c1-3-5-7-8-18-33-23-16-14-22(15-17-23)30-32-27-28-26-24(34-27)19-25(35-26)31-29-21-12-10-20(11-13-21)9-6-4-2/h10-17,19H,3-9,18H2,1-2H3. The summed E-state index contributed by atoms with van der Waals surface area (Å²) in [6, 6.07) is 18.0. The number of hydrogen-bond acceptors (Lipinski definition) is 8. The Morgan fingerprint density at radius 1 is 0.743 bits per heavy atom. The molecule has 0 fully saturated rings. The van der Waals surface area contributed by atoms with Gasteiger partial charge in [0.25, 0.3) is 0 Å². The molecule has 35 heavy (non-hydrogen) atoms. The lowest BCUT2D eigenvalue weighted by molar-refractivity contribution is 0.305. The van der Waals surface area contributed by atoms with E-state index in [0.29, 0.717) is 5.13 Å². The van der Waals surface area contributed by atoms with Crippen LogP contribution in [0, 0.1) is 0 Å². The molecule has 0 atom stereocenters. The average Bonchev–Trinajstić information content (AvgIpc) is 3.45. The van der Waals surface area contributed by atoms with Gasteiger partial charge >= 0.3 is 0 Å². The normalized spacial score (nSPS) is 11.8. The molecule has 0 N–H and O–H groups in total. The number of unbranched alkanes of at least 4 members (excludes halogenated alkanes) is 4. The van der Waals surface area contributed by atoms with Crippen molar-refractivity contribution in [3.8, 4) is 5.75 Å². The average molecular weight is 506 g/mol. The van der Waals surface area contributed by atoms with Crippen molar-refractivity contribution in [2.24, 2.45) is 20.5 Å². The molecule has 0 saturated heterocycles. The highest BCUT2D eigenvalue weighted by Crippen LogP contribution is 2.39. The Balaban J connectivity index is 1.30. The first-order valence-electron chi connectivity index (χ1n) is 12.3. The summed E-state index contributed by atoms with van der Waals surface area (Å²) in [5.41, 5.74) is 2.98. The first-order valence-corrected chi connectivity index (χ1v) is 13.9. The molecular formula is C27H31N5OS2. The fourth-order valence-electron chi connectivity index (χ4n) is 3.45. The van der Waals surface area contributed by atoms with Crippen molar-refractivity contribution in [2.45, 2.75) is 58.8 Å². The molecule has 0 radical (unpaired) electrons. The zero-order chi connectivity index (χ0) is 24.3. The monoisotopic (exact) mass is 505 g/mol. The molecule has 2 heterocycles. The number of aryl methyl sites for hydroxylation is 1. The van der Waals surface area contributed by atoms with Crippen LogP contribution in [0.15, 0.2) is 75.1 Å². The van der Waals surface area contributed by atoms with E-state index in [1.807, 2.05) is 42.5 Å². The lowest BCUT2D eigenvalue weighted by Crippen LogP contribution is -1.96. The van der Waals surface area contributed by atoms with Gasteiger partial charge in [-0.25, -0.2) is 4.98 Å². The molecule has 4 rings (SSSR count). The molecule has 0 aliphatic carbocycles. The van der Waals surface area contributed by atoms with E-state index in [1.165, 1.54) is 60.3 Å². The minimum Gasteiger partial charge on any atom is -0.494 e. The quantitative estimate of drug-likeness (QED) is 0.134. The second kappa shape index (κ2) is 13.2. The maximum atomic E-state index is 5.78. The third kappa shape index (κ3) is 7.77. The van der Waals surface area contributed by atoms with Gasteiger partial charge < -0.3 is 4.74 Å². The summed E-state index contributed by atoms with van der Waals surface area (Å²) >= 11 is 3.01. The van der Waals surface area contributed by atoms with Crippen LogP contribution < -0.4 is 4.74 Å². The molecule has 0 aliphatic rings. The molecule has 8 heteroatoms. The Kier molecular flexibility index (Phi) is 9.48. The SMILES string of the molecule is CCCCCCOc1ccc(N=Nc2nc3sc(N=Nc4ccc(CCCC)cc4)cc3s2)cc1. The third-order valence-electron chi connectivity index (χ3n) is 5.44. The van der Waals surface area contributed by atoms with Gasteiger partial charge in [0.15, 0.2) is 0 Å². The van der Waals surface area contributed by atoms with Crippen LogP contribution >= 0.6 is 22.7 Å². The predicted octanol–water partition coefficient (Wildman–Crippen LogP) is 10.5. The molecule has 2 aromatic heterocycles. The zero-order valence-electron chi connectivity index (χ0n) is 20.3. The highest BCUT2D eigenvalue weighted by atomic mass is 32.1. The molecule has 0 bridgehead atoms. The number of nitrogens with zero attached hydrogens (tertiary/aromatic N) is 5.